The van der Waals surface area contributed by atoms with Gasteiger partial charge in [-0.25, -0.2) is 4.98 Å². The molecule has 1 heterocycles. The Bertz CT molecular complexity index is 344. The summed E-state index contributed by atoms with van der Waals surface area (Å²) in [4.78, 5) is 13.4. The van der Waals surface area contributed by atoms with Crippen LogP contribution >= 0.6 is 34.2 Å². The first kappa shape index (κ1) is 9.46. The molecule has 0 radical (unpaired) electrons. The van der Waals surface area contributed by atoms with Crippen LogP contribution in [0.2, 0.25) is 5.02 Å². The fraction of sp³-hybridized carbons (Fsp3) is 0. The second-order valence-corrected chi connectivity index (χ2v) is 3.40. The van der Waals surface area contributed by atoms with Gasteiger partial charge in [-0.05, 0) is 22.6 Å². The molecule has 1 aromatic heterocycles. The fourth-order valence-electron chi connectivity index (χ4n) is 0.643. The number of nitrogen functional groups attached to an aromatic ring is 1. The highest BCUT2D eigenvalue weighted by molar-refractivity contribution is 14.1. The van der Waals surface area contributed by atoms with E-state index in [0.717, 1.165) is 0 Å². The number of anilines is 1. The lowest BCUT2D eigenvalue weighted by Gasteiger charge is -1.99. The molecule has 0 aliphatic heterocycles. The van der Waals surface area contributed by atoms with Gasteiger partial charge in [-0.3, -0.25) is 10.1 Å². The molecule has 1 aromatic rings. The van der Waals surface area contributed by atoms with Crippen molar-refractivity contribution < 1.29 is 4.92 Å². The van der Waals surface area contributed by atoms with Crippen molar-refractivity contribution in [2.45, 2.75) is 0 Å². The minimum absolute atomic E-state index is 0.117. The van der Waals surface area contributed by atoms with Crippen LogP contribution in [-0.2, 0) is 0 Å². The first-order chi connectivity index (χ1) is 5.54. The maximum absolute atomic E-state index is 10.4. The Morgan fingerprint density at radius 1 is 1.75 bits per heavy atom. The molecule has 0 spiro atoms. The number of rotatable bonds is 1. The van der Waals surface area contributed by atoms with Crippen LogP contribution in [0.1, 0.15) is 0 Å². The maximum atomic E-state index is 10.4. The number of halogens is 2. The Kier molecular flexibility index (Phi) is 2.68. The molecule has 0 aromatic carbocycles. The Morgan fingerprint density at radius 3 is 2.75 bits per heavy atom. The highest BCUT2D eigenvalue weighted by atomic mass is 127. The number of hydrogen-bond acceptors (Lipinski definition) is 4. The summed E-state index contributed by atoms with van der Waals surface area (Å²) in [6.07, 6.45) is 1.28. The minimum atomic E-state index is -0.601. The van der Waals surface area contributed by atoms with Gasteiger partial charge in [0.15, 0.2) is 0 Å². The van der Waals surface area contributed by atoms with E-state index in [9.17, 15) is 10.1 Å². The van der Waals surface area contributed by atoms with Crippen LogP contribution in [-0.4, -0.2) is 9.91 Å². The van der Waals surface area contributed by atoms with Crippen LogP contribution in [0, 0.1) is 13.7 Å². The molecular formula is C5H3ClIN3O2. The predicted octanol–water partition coefficient (Wildman–Crippen LogP) is 1.83. The molecule has 12 heavy (non-hydrogen) atoms. The van der Waals surface area contributed by atoms with Gasteiger partial charge in [0.2, 0.25) is 5.82 Å². The highest BCUT2D eigenvalue weighted by Gasteiger charge is 2.19. The molecule has 0 fully saturated rings. The van der Waals surface area contributed by atoms with E-state index >= 15 is 0 Å². The number of hydrogen-bond donors (Lipinski definition) is 1. The number of aromatic nitrogens is 1. The first-order valence-electron chi connectivity index (χ1n) is 2.78. The summed E-state index contributed by atoms with van der Waals surface area (Å²) in [7, 11) is 0. The van der Waals surface area contributed by atoms with Gasteiger partial charge >= 0.3 is 5.69 Å². The van der Waals surface area contributed by atoms with Crippen LogP contribution in [0.3, 0.4) is 0 Å². The van der Waals surface area contributed by atoms with Gasteiger partial charge in [0.1, 0.15) is 3.57 Å². The fourth-order valence-corrected chi connectivity index (χ4v) is 1.39. The van der Waals surface area contributed by atoms with Crippen molar-refractivity contribution in [1.29, 1.82) is 0 Å². The SMILES string of the molecule is Nc1ncc(Cl)c(I)c1[N+](=O)[O-]. The van der Waals surface area contributed by atoms with Crippen molar-refractivity contribution in [3.8, 4) is 0 Å². The summed E-state index contributed by atoms with van der Waals surface area (Å²) in [5.41, 5.74) is 5.04. The third-order valence-corrected chi connectivity index (χ3v) is 2.86. The molecule has 1 rings (SSSR count). The summed E-state index contributed by atoms with van der Waals surface area (Å²) in [5.74, 6) is -0.117. The summed E-state index contributed by atoms with van der Waals surface area (Å²) in [6, 6.07) is 0. The van der Waals surface area contributed by atoms with Gasteiger partial charge in [0.25, 0.3) is 0 Å². The number of nitro groups is 1. The lowest BCUT2D eigenvalue weighted by molar-refractivity contribution is -0.385. The Hall–Kier alpha value is -0.630. The summed E-state index contributed by atoms with van der Waals surface area (Å²) in [5, 5.41) is 10.6. The van der Waals surface area contributed by atoms with E-state index < -0.39 is 4.92 Å². The lowest BCUT2D eigenvalue weighted by atomic mass is 10.4. The Morgan fingerprint density at radius 2 is 2.33 bits per heavy atom. The third-order valence-electron chi connectivity index (χ3n) is 1.16. The molecule has 0 saturated carbocycles. The number of pyridine rings is 1. The number of nitrogens with zero attached hydrogens (tertiary/aromatic N) is 2. The highest BCUT2D eigenvalue weighted by Crippen LogP contribution is 2.30. The minimum Gasteiger partial charge on any atom is -0.378 e. The molecule has 5 nitrogen and oxygen atoms in total. The van der Waals surface area contributed by atoms with Crippen LogP contribution in [0.5, 0.6) is 0 Å². The van der Waals surface area contributed by atoms with E-state index in [4.69, 9.17) is 17.3 Å². The molecule has 0 amide bonds. The zero-order valence-electron chi connectivity index (χ0n) is 5.62. The van der Waals surface area contributed by atoms with E-state index in [0.29, 0.717) is 3.57 Å². The van der Waals surface area contributed by atoms with Gasteiger partial charge < -0.3 is 5.73 Å². The van der Waals surface area contributed by atoms with E-state index in [1.54, 1.807) is 22.6 Å². The molecular weight excluding hydrogens is 296 g/mol. The van der Waals surface area contributed by atoms with Crippen LogP contribution in [0.15, 0.2) is 6.20 Å². The van der Waals surface area contributed by atoms with Crippen molar-refractivity contribution in [2.24, 2.45) is 0 Å². The first-order valence-corrected chi connectivity index (χ1v) is 4.23. The maximum Gasteiger partial charge on any atom is 0.325 e. The standard InChI is InChI=1S/C5H3ClIN3O2/c6-2-1-9-5(8)4(3(2)7)10(11)12/h1H,(H2,8,9). The smallest absolute Gasteiger partial charge is 0.325 e. The largest absolute Gasteiger partial charge is 0.378 e. The summed E-state index contributed by atoms with van der Waals surface area (Å²) < 4.78 is 0.312. The molecule has 0 aliphatic carbocycles. The van der Waals surface area contributed by atoms with Crippen molar-refractivity contribution in [3.63, 3.8) is 0 Å². The summed E-state index contributed by atoms with van der Waals surface area (Å²) >= 11 is 7.35. The predicted molar refractivity (Wildman–Crippen MR) is 53.0 cm³/mol. The topological polar surface area (TPSA) is 82.0 Å². The third kappa shape index (κ3) is 1.58. The molecule has 0 aliphatic rings. The van der Waals surface area contributed by atoms with Gasteiger partial charge in [-0.2, -0.15) is 0 Å². The van der Waals surface area contributed by atoms with Crippen molar-refractivity contribution in [2.75, 3.05) is 5.73 Å². The zero-order valence-corrected chi connectivity index (χ0v) is 8.53. The molecule has 7 heteroatoms. The zero-order chi connectivity index (χ0) is 9.30. The van der Waals surface area contributed by atoms with Crippen LogP contribution in [0.4, 0.5) is 11.5 Å². The summed E-state index contributed by atoms with van der Waals surface area (Å²) in [6.45, 7) is 0. The second kappa shape index (κ2) is 3.40. The average molecular weight is 299 g/mol. The Labute approximate surface area is 86.2 Å². The van der Waals surface area contributed by atoms with Crippen molar-refractivity contribution in [1.82, 2.24) is 4.98 Å². The van der Waals surface area contributed by atoms with E-state index in [1.165, 1.54) is 6.20 Å². The van der Waals surface area contributed by atoms with Crippen LogP contribution in [0.25, 0.3) is 0 Å². The van der Waals surface area contributed by atoms with Gasteiger partial charge in [-0.15, -0.1) is 0 Å². The van der Waals surface area contributed by atoms with Crippen LogP contribution < -0.4 is 5.73 Å². The van der Waals surface area contributed by atoms with E-state index in [-0.39, 0.29) is 16.5 Å². The quantitative estimate of drug-likeness (QED) is 0.487. The van der Waals surface area contributed by atoms with Gasteiger partial charge in [0.05, 0.1) is 9.95 Å². The number of nitrogens with two attached hydrogens (primary N) is 1. The molecule has 0 saturated heterocycles. The molecule has 0 atom stereocenters. The Balaban J connectivity index is 3.43. The lowest BCUT2D eigenvalue weighted by Crippen LogP contribution is -2.00. The average Bonchev–Trinajstić information content (AvgIpc) is 1.97. The van der Waals surface area contributed by atoms with Crippen molar-refractivity contribution >= 4 is 45.7 Å². The van der Waals surface area contributed by atoms with Gasteiger partial charge in [0, 0.05) is 6.20 Å². The van der Waals surface area contributed by atoms with E-state index in [1.807, 2.05) is 0 Å². The monoisotopic (exact) mass is 299 g/mol. The molecule has 64 valence electrons. The normalized spacial score (nSPS) is 9.83. The molecule has 2 N–H and O–H groups in total. The van der Waals surface area contributed by atoms with Crippen molar-refractivity contribution in [3.05, 3.63) is 24.9 Å². The molecule has 0 bridgehead atoms. The van der Waals surface area contributed by atoms with E-state index in [2.05, 4.69) is 4.98 Å². The van der Waals surface area contributed by atoms with Gasteiger partial charge in [-0.1, -0.05) is 11.6 Å². The molecule has 0 unspecified atom stereocenters. The second-order valence-electron chi connectivity index (χ2n) is 1.91.